The van der Waals surface area contributed by atoms with E-state index in [0.717, 1.165) is 11.4 Å². The van der Waals surface area contributed by atoms with Gasteiger partial charge in [0.25, 0.3) is 0 Å². The highest BCUT2D eigenvalue weighted by Crippen LogP contribution is 2.39. The number of nitrogens with zero attached hydrogens (tertiary/aromatic N) is 4. The van der Waals surface area contributed by atoms with Crippen molar-refractivity contribution in [1.29, 1.82) is 0 Å². The Morgan fingerprint density at radius 1 is 0.971 bits per heavy atom. The van der Waals surface area contributed by atoms with E-state index in [1.54, 1.807) is 41.3 Å². The monoisotopic (exact) mass is 469 g/mol. The molecule has 0 fully saturated rings. The van der Waals surface area contributed by atoms with Crippen LogP contribution in [0.1, 0.15) is 11.1 Å². The molecule has 3 aromatic rings. The molecule has 174 valence electrons. The first-order chi connectivity index (χ1) is 16.2. The number of halogens is 4. The minimum Gasteiger partial charge on any atom is -0.406 e. The number of nitrogens with two attached hydrogens (primary N) is 1. The Kier molecular flexibility index (Phi) is 5.22. The molecule has 0 unspecified atom stereocenters. The Morgan fingerprint density at radius 3 is 2.50 bits per heavy atom. The quantitative estimate of drug-likeness (QED) is 0.461. The van der Waals surface area contributed by atoms with E-state index in [0.29, 0.717) is 42.3 Å². The maximum absolute atomic E-state index is 14.4. The average Bonchev–Trinajstić information content (AvgIpc) is 3.18. The Balaban J connectivity index is 1.61. The SMILES string of the molecule is NC1=NCC2=NC[C@](c3ccc(OC(F)(F)F)cc3)(c3cccc(-c4cccnc4F)c3)CN12. The molecule has 0 radical (unpaired) electrons. The molecule has 2 N–H and O–H groups in total. The second-order valence-electron chi connectivity index (χ2n) is 8.07. The second kappa shape index (κ2) is 8.12. The summed E-state index contributed by atoms with van der Waals surface area (Å²) in [5.74, 6) is 0.149. The Hall–Kier alpha value is -3.95. The Labute approximate surface area is 192 Å². The number of guanidine groups is 1. The first kappa shape index (κ1) is 21.9. The summed E-state index contributed by atoms with van der Waals surface area (Å²) in [5.41, 5.74) is 7.80. The second-order valence-corrected chi connectivity index (χ2v) is 8.07. The van der Waals surface area contributed by atoms with Crippen LogP contribution in [0.2, 0.25) is 0 Å². The van der Waals surface area contributed by atoms with Gasteiger partial charge < -0.3 is 10.5 Å². The maximum atomic E-state index is 14.4. The Bertz CT molecular complexity index is 1290. The molecule has 0 spiro atoms. The molecule has 10 heteroatoms. The van der Waals surface area contributed by atoms with E-state index in [1.807, 2.05) is 12.1 Å². The highest BCUT2D eigenvalue weighted by Gasteiger charge is 2.43. The topological polar surface area (TPSA) is 76.1 Å². The molecule has 2 aliphatic heterocycles. The fraction of sp³-hybridized carbons (Fsp3) is 0.208. The van der Waals surface area contributed by atoms with Crippen molar-refractivity contribution in [2.24, 2.45) is 15.7 Å². The summed E-state index contributed by atoms with van der Waals surface area (Å²) < 4.78 is 56.4. The fourth-order valence-corrected chi connectivity index (χ4v) is 4.40. The maximum Gasteiger partial charge on any atom is 0.573 e. The molecule has 2 aliphatic rings. The smallest absolute Gasteiger partial charge is 0.406 e. The Morgan fingerprint density at radius 2 is 1.76 bits per heavy atom. The van der Waals surface area contributed by atoms with E-state index in [-0.39, 0.29) is 5.75 Å². The summed E-state index contributed by atoms with van der Waals surface area (Å²) in [7, 11) is 0. The molecule has 0 saturated heterocycles. The van der Waals surface area contributed by atoms with Crippen LogP contribution < -0.4 is 10.5 Å². The number of aromatic nitrogens is 1. The normalized spacial score (nSPS) is 19.9. The van der Waals surface area contributed by atoms with Crippen molar-refractivity contribution < 1.29 is 22.3 Å². The zero-order valence-corrected chi connectivity index (χ0v) is 17.8. The van der Waals surface area contributed by atoms with Crippen molar-refractivity contribution >= 4 is 11.8 Å². The largest absolute Gasteiger partial charge is 0.573 e. The van der Waals surface area contributed by atoms with Crippen LogP contribution in [-0.4, -0.2) is 47.7 Å². The fourth-order valence-electron chi connectivity index (χ4n) is 4.40. The van der Waals surface area contributed by atoms with Gasteiger partial charge in [0.2, 0.25) is 5.95 Å². The first-order valence-electron chi connectivity index (χ1n) is 10.4. The third-order valence-electron chi connectivity index (χ3n) is 6.06. The average molecular weight is 469 g/mol. The molecule has 34 heavy (non-hydrogen) atoms. The van der Waals surface area contributed by atoms with Crippen molar-refractivity contribution in [2.45, 2.75) is 11.8 Å². The van der Waals surface area contributed by atoms with Gasteiger partial charge in [-0.25, -0.2) is 9.98 Å². The lowest BCUT2D eigenvalue weighted by molar-refractivity contribution is -0.274. The molecule has 0 bridgehead atoms. The van der Waals surface area contributed by atoms with Gasteiger partial charge in [0.15, 0.2) is 5.96 Å². The lowest BCUT2D eigenvalue weighted by atomic mass is 9.72. The van der Waals surface area contributed by atoms with Gasteiger partial charge in [0, 0.05) is 18.3 Å². The molecule has 0 aliphatic carbocycles. The van der Waals surface area contributed by atoms with Crippen LogP contribution in [0.4, 0.5) is 17.6 Å². The number of fused-ring (bicyclic) bond motifs is 1. The summed E-state index contributed by atoms with van der Waals surface area (Å²) in [4.78, 5) is 14.5. The zero-order valence-electron chi connectivity index (χ0n) is 17.8. The zero-order chi connectivity index (χ0) is 23.9. The number of ether oxygens (including phenoxy) is 1. The molecule has 0 amide bonds. The number of alkyl halides is 3. The number of rotatable bonds is 4. The minimum absolute atomic E-state index is 0.320. The molecule has 5 rings (SSSR count). The first-order valence-corrected chi connectivity index (χ1v) is 10.4. The van der Waals surface area contributed by atoms with Gasteiger partial charge in [-0.1, -0.05) is 30.3 Å². The molecule has 6 nitrogen and oxygen atoms in total. The van der Waals surface area contributed by atoms with E-state index < -0.39 is 17.7 Å². The standard InChI is InChI=1S/C24H19F4N5O/c25-21-19(5-2-10-30-21)15-3-1-4-17(11-15)23(13-32-20-12-31-22(29)33(20)14-23)16-6-8-18(9-7-16)34-24(26,27)28/h1-11H,12-14H2,(H2,29,31)/t23-/m0/s1. The van der Waals surface area contributed by atoms with Crippen molar-refractivity contribution in [3.05, 3.63) is 83.9 Å². The summed E-state index contributed by atoms with van der Waals surface area (Å²) >= 11 is 0. The molecule has 3 heterocycles. The number of hydrogen-bond donors (Lipinski definition) is 1. The number of amidine groups is 1. The van der Waals surface area contributed by atoms with Gasteiger partial charge in [-0.15, -0.1) is 13.2 Å². The van der Waals surface area contributed by atoms with Crippen LogP contribution in [0.15, 0.2) is 76.8 Å². The van der Waals surface area contributed by atoms with Crippen LogP contribution in [0.3, 0.4) is 0 Å². The van der Waals surface area contributed by atoms with Crippen molar-refractivity contribution in [1.82, 2.24) is 9.88 Å². The third-order valence-corrected chi connectivity index (χ3v) is 6.06. The summed E-state index contributed by atoms with van der Waals surface area (Å²) in [6, 6.07) is 16.3. The predicted molar refractivity (Wildman–Crippen MR) is 119 cm³/mol. The molecule has 1 atom stereocenters. The molecule has 0 saturated carbocycles. The minimum atomic E-state index is -4.79. The van der Waals surface area contributed by atoms with E-state index in [9.17, 15) is 17.6 Å². The highest BCUT2D eigenvalue weighted by atomic mass is 19.4. The summed E-state index contributed by atoms with van der Waals surface area (Å²) in [5, 5.41) is 0. The van der Waals surface area contributed by atoms with Gasteiger partial charge in [-0.05, 0) is 47.0 Å². The number of hydrogen-bond acceptors (Lipinski definition) is 6. The van der Waals surface area contributed by atoms with Crippen molar-refractivity contribution in [3.8, 4) is 16.9 Å². The number of aliphatic imine (C=N–C) groups is 2. The summed E-state index contributed by atoms with van der Waals surface area (Å²) in [6.45, 7) is 1.07. The van der Waals surface area contributed by atoms with Crippen molar-refractivity contribution in [3.63, 3.8) is 0 Å². The molecular weight excluding hydrogens is 450 g/mol. The van der Waals surface area contributed by atoms with Crippen LogP contribution in [0.25, 0.3) is 11.1 Å². The van der Waals surface area contributed by atoms with E-state index in [4.69, 9.17) is 10.7 Å². The van der Waals surface area contributed by atoms with E-state index in [2.05, 4.69) is 14.7 Å². The van der Waals surface area contributed by atoms with E-state index >= 15 is 0 Å². The molecule has 1 aromatic heterocycles. The predicted octanol–water partition coefficient (Wildman–Crippen LogP) is 4.11. The van der Waals surface area contributed by atoms with Gasteiger partial charge >= 0.3 is 6.36 Å². The lowest BCUT2D eigenvalue weighted by Gasteiger charge is -2.41. The third kappa shape index (κ3) is 3.95. The van der Waals surface area contributed by atoms with Gasteiger partial charge in [-0.2, -0.15) is 4.39 Å². The lowest BCUT2D eigenvalue weighted by Crippen LogP contribution is -2.52. The van der Waals surface area contributed by atoms with Gasteiger partial charge in [0.05, 0.1) is 12.0 Å². The molecular formula is C24H19F4N5O. The van der Waals surface area contributed by atoms with Gasteiger partial charge in [0.1, 0.15) is 18.1 Å². The van der Waals surface area contributed by atoms with Gasteiger partial charge in [-0.3, -0.25) is 9.89 Å². The van der Waals surface area contributed by atoms with Crippen molar-refractivity contribution in [2.75, 3.05) is 19.6 Å². The highest BCUT2D eigenvalue weighted by molar-refractivity contribution is 6.05. The summed E-state index contributed by atoms with van der Waals surface area (Å²) in [6.07, 6.45) is -3.41. The molecule has 2 aromatic carbocycles. The number of benzene rings is 2. The van der Waals surface area contributed by atoms with Crippen LogP contribution in [-0.2, 0) is 5.41 Å². The van der Waals surface area contributed by atoms with Crippen LogP contribution >= 0.6 is 0 Å². The van der Waals surface area contributed by atoms with E-state index in [1.165, 1.54) is 18.3 Å². The van der Waals surface area contributed by atoms with Crippen LogP contribution in [0, 0.1) is 5.95 Å². The van der Waals surface area contributed by atoms with Crippen LogP contribution in [0.5, 0.6) is 5.75 Å². The number of pyridine rings is 1.